The number of amides is 1. The topological polar surface area (TPSA) is 29.5 Å². The zero-order valence-corrected chi connectivity index (χ0v) is 10.6. The van der Waals surface area contributed by atoms with Crippen LogP contribution in [0.5, 0.6) is 0 Å². The van der Waals surface area contributed by atoms with Gasteiger partial charge in [-0.3, -0.25) is 0 Å². The van der Waals surface area contributed by atoms with Gasteiger partial charge in [0, 0.05) is 12.1 Å². The van der Waals surface area contributed by atoms with E-state index in [4.69, 9.17) is 4.74 Å². The van der Waals surface area contributed by atoms with Crippen LogP contribution in [-0.4, -0.2) is 29.7 Å². The predicted molar refractivity (Wildman–Crippen MR) is 63.2 cm³/mol. The van der Waals surface area contributed by atoms with E-state index in [1.807, 2.05) is 11.8 Å². The van der Waals surface area contributed by atoms with Crippen molar-refractivity contribution in [1.29, 1.82) is 0 Å². The Morgan fingerprint density at radius 3 is 2.31 bits per heavy atom. The fourth-order valence-electron chi connectivity index (χ4n) is 3.26. The first-order valence-corrected chi connectivity index (χ1v) is 6.58. The van der Waals surface area contributed by atoms with Crippen molar-refractivity contribution in [3.63, 3.8) is 0 Å². The van der Waals surface area contributed by atoms with Gasteiger partial charge in [-0.15, -0.1) is 0 Å². The van der Waals surface area contributed by atoms with Crippen LogP contribution in [0.2, 0.25) is 0 Å². The number of carbonyl (C=O) groups is 1. The number of nitrogens with zero attached hydrogens (tertiary/aromatic N) is 1. The molecule has 2 aliphatic rings. The fraction of sp³-hybridized carbons (Fsp3) is 0.923. The van der Waals surface area contributed by atoms with E-state index < -0.39 is 0 Å². The summed E-state index contributed by atoms with van der Waals surface area (Å²) in [5.41, 5.74) is 0. The molecule has 0 aromatic rings. The van der Waals surface area contributed by atoms with Crippen molar-refractivity contribution in [3.05, 3.63) is 0 Å². The largest absolute Gasteiger partial charge is 0.450 e. The normalized spacial score (nSPS) is 33.2. The van der Waals surface area contributed by atoms with Crippen LogP contribution in [0.3, 0.4) is 0 Å². The first-order chi connectivity index (χ1) is 7.63. The second kappa shape index (κ2) is 4.64. The molecule has 2 heterocycles. The highest BCUT2D eigenvalue weighted by Gasteiger charge is 2.44. The number of carbonyl (C=O) groups excluding carboxylic acids is 1. The molecule has 2 aliphatic heterocycles. The number of piperidine rings is 1. The third-order valence-corrected chi connectivity index (χ3v) is 4.19. The molecule has 0 spiro atoms. The molecule has 0 aliphatic carbocycles. The number of hydrogen-bond donors (Lipinski definition) is 0. The van der Waals surface area contributed by atoms with E-state index in [1.165, 1.54) is 25.7 Å². The fourth-order valence-corrected chi connectivity index (χ4v) is 3.26. The van der Waals surface area contributed by atoms with Crippen LogP contribution in [0.4, 0.5) is 4.79 Å². The van der Waals surface area contributed by atoms with Gasteiger partial charge in [0.05, 0.1) is 6.61 Å². The third-order valence-electron chi connectivity index (χ3n) is 4.19. The number of fused-ring (bicyclic) bond motifs is 2. The van der Waals surface area contributed by atoms with E-state index in [0.29, 0.717) is 18.7 Å². The average Bonchev–Trinajstić information content (AvgIpc) is 2.49. The first kappa shape index (κ1) is 11.7. The summed E-state index contributed by atoms with van der Waals surface area (Å²) in [5, 5.41) is 0. The van der Waals surface area contributed by atoms with Gasteiger partial charge in [-0.1, -0.05) is 13.8 Å². The van der Waals surface area contributed by atoms with Crippen molar-refractivity contribution < 1.29 is 9.53 Å². The Balaban J connectivity index is 2.02. The second-order valence-corrected chi connectivity index (χ2v) is 5.47. The number of hydrogen-bond acceptors (Lipinski definition) is 2. The van der Waals surface area contributed by atoms with Crippen molar-refractivity contribution in [2.24, 2.45) is 11.8 Å². The maximum Gasteiger partial charge on any atom is 0.410 e. The molecule has 3 nitrogen and oxygen atoms in total. The van der Waals surface area contributed by atoms with Crippen LogP contribution in [0, 0.1) is 11.8 Å². The molecule has 92 valence electrons. The highest BCUT2D eigenvalue weighted by molar-refractivity contribution is 5.69. The standard InChI is InChI=1S/C13H23NO2/c1-4-16-13(15)14-11-5-6-12(14)8-10(7-11)9(2)3/h9-12H,4-8H2,1-3H3. The van der Waals surface area contributed by atoms with Crippen molar-refractivity contribution in [1.82, 2.24) is 4.90 Å². The minimum Gasteiger partial charge on any atom is -0.450 e. The van der Waals surface area contributed by atoms with Crippen molar-refractivity contribution in [2.75, 3.05) is 6.61 Å². The van der Waals surface area contributed by atoms with Crippen molar-refractivity contribution >= 4 is 6.09 Å². The van der Waals surface area contributed by atoms with Crippen LogP contribution < -0.4 is 0 Å². The van der Waals surface area contributed by atoms with Gasteiger partial charge in [0.25, 0.3) is 0 Å². The predicted octanol–water partition coefficient (Wildman–Crippen LogP) is 3.04. The van der Waals surface area contributed by atoms with E-state index >= 15 is 0 Å². The zero-order valence-electron chi connectivity index (χ0n) is 10.6. The van der Waals surface area contributed by atoms with Gasteiger partial charge < -0.3 is 9.64 Å². The van der Waals surface area contributed by atoms with Crippen LogP contribution in [0.15, 0.2) is 0 Å². The molecule has 0 saturated carbocycles. The molecule has 16 heavy (non-hydrogen) atoms. The second-order valence-electron chi connectivity index (χ2n) is 5.47. The van der Waals surface area contributed by atoms with Gasteiger partial charge in [-0.2, -0.15) is 0 Å². The summed E-state index contributed by atoms with van der Waals surface area (Å²) in [4.78, 5) is 13.9. The molecule has 0 N–H and O–H groups in total. The molecule has 0 aromatic heterocycles. The van der Waals surface area contributed by atoms with Gasteiger partial charge in [0.15, 0.2) is 0 Å². The van der Waals surface area contributed by atoms with Crippen LogP contribution >= 0.6 is 0 Å². The van der Waals surface area contributed by atoms with E-state index in [-0.39, 0.29) is 6.09 Å². The smallest absolute Gasteiger partial charge is 0.410 e. The molecule has 2 fully saturated rings. The van der Waals surface area contributed by atoms with Gasteiger partial charge in [-0.25, -0.2) is 4.79 Å². The highest BCUT2D eigenvalue weighted by atomic mass is 16.6. The lowest BCUT2D eigenvalue weighted by Gasteiger charge is -2.39. The summed E-state index contributed by atoms with van der Waals surface area (Å²) in [7, 11) is 0. The molecule has 2 bridgehead atoms. The average molecular weight is 225 g/mol. The van der Waals surface area contributed by atoms with Crippen molar-refractivity contribution in [3.8, 4) is 0 Å². The molecule has 2 atom stereocenters. The molecule has 2 saturated heterocycles. The summed E-state index contributed by atoms with van der Waals surface area (Å²) in [6.45, 7) is 6.96. The monoisotopic (exact) mass is 225 g/mol. The Morgan fingerprint density at radius 2 is 1.88 bits per heavy atom. The molecule has 0 radical (unpaired) electrons. The van der Waals surface area contributed by atoms with Gasteiger partial charge in [0.1, 0.15) is 0 Å². The Kier molecular flexibility index (Phi) is 3.41. The van der Waals surface area contributed by atoms with Crippen molar-refractivity contribution in [2.45, 2.75) is 58.5 Å². The van der Waals surface area contributed by atoms with E-state index in [1.54, 1.807) is 0 Å². The summed E-state index contributed by atoms with van der Waals surface area (Å²) in [6.07, 6.45) is 4.61. The van der Waals surface area contributed by atoms with Gasteiger partial charge >= 0.3 is 6.09 Å². The van der Waals surface area contributed by atoms with Crippen LogP contribution in [-0.2, 0) is 4.74 Å². The Hall–Kier alpha value is -0.730. The lowest BCUT2D eigenvalue weighted by Crippen LogP contribution is -2.47. The number of rotatable bonds is 2. The minimum atomic E-state index is -0.0859. The first-order valence-electron chi connectivity index (χ1n) is 6.58. The molecule has 1 amide bonds. The summed E-state index contributed by atoms with van der Waals surface area (Å²) >= 11 is 0. The van der Waals surface area contributed by atoms with Gasteiger partial charge in [0.2, 0.25) is 0 Å². The van der Waals surface area contributed by atoms with E-state index in [2.05, 4.69) is 13.8 Å². The molecular weight excluding hydrogens is 202 g/mol. The van der Waals surface area contributed by atoms with Crippen LogP contribution in [0.1, 0.15) is 46.5 Å². The van der Waals surface area contributed by atoms with Crippen LogP contribution in [0.25, 0.3) is 0 Å². The Bertz CT molecular complexity index is 251. The van der Waals surface area contributed by atoms with E-state index in [0.717, 1.165) is 11.8 Å². The third kappa shape index (κ3) is 2.04. The Morgan fingerprint density at radius 1 is 1.31 bits per heavy atom. The SMILES string of the molecule is CCOC(=O)N1C2CCC1CC(C(C)C)C2. The maximum absolute atomic E-state index is 11.8. The summed E-state index contributed by atoms with van der Waals surface area (Å²) < 4.78 is 5.14. The number of ether oxygens (including phenoxy) is 1. The lowest BCUT2D eigenvalue weighted by atomic mass is 9.83. The Labute approximate surface area is 98.1 Å². The highest BCUT2D eigenvalue weighted by Crippen LogP contribution is 2.41. The van der Waals surface area contributed by atoms with Gasteiger partial charge in [-0.05, 0) is 44.4 Å². The molecular formula is C13H23NO2. The summed E-state index contributed by atoms with van der Waals surface area (Å²) in [5.74, 6) is 1.54. The molecule has 0 aromatic carbocycles. The summed E-state index contributed by atoms with van der Waals surface area (Å²) in [6, 6.07) is 0.899. The molecule has 3 heteroatoms. The molecule has 2 unspecified atom stereocenters. The minimum absolute atomic E-state index is 0.0859. The van der Waals surface area contributed by atoms with E-state index in [9.17, 15) is 4.79 Å². The maximum atomic E-state index is 11.8. The quantitative estimate of drug-likeness (QED) is 0.723. The lowest BCUT2D eigenvalue weighted by molar-refractivity contribution is 0.0529. The zero-order chi connectivity index (χ0) is 11.7. The molecule has 2 rings (SSSR count).